The number of aryl methyl sites for hydroxylation is 1. The summed E-state index contributed by atoms with van der Waals surface area (Å²) < 4.78 is 1.89. The molecule has 1 heterocycles. The topological polar surface area (TPSA) is 47.8 Å². The fourth-order valence-corrected chi connectivity index (χ4v) is 3.27. The standard InChI is InChI=1S/C19H19N3OS/c1-2-6-15-9-11-16(12-10-15)18(23)13-24-19-21-20-14-22(19)17-7-4-3-5-8-17/h3-5,7-12,14H,2,6,13H2,1H3. The lowest BCUT2D eigenvalue weighted by Gasteiger charge is -2.06. The van der Waals surface area contributed by atoms with Crippen molar-refractivity contribution in [3.63, 3.8) is 0 Å². The van der Waals surface area contributed by atoms with Crippen molar-refractivity contribution in [2.45, 2.75) is 24.9 Å². The molecule has 24 heavy (non-hydrogen) atoms. The lowest BCUT2D eigenvalue weighted by molar-refractivity contribution is 0.102. The van der Waals surface area contributed by atoms with Gasteiger partial charge in [0.1, 0.15) is 6.33 Å². The fraction of sp³-hybridized carbons (Fsp3) is 0.211. The van der Waals surface area contributed by atoms with Crippen LogP contribution in [0.3, 0.4) is 0 Å². The maximum Gasteiger partial charge on any atom is 0.196 e. The van der Waals surface area contributed by atoms with E-state index in [1.54, 1.807) is 6.33 Å². The molecule has 0 spiro atoms. The summed E-state index contributed by atoms with van der Waals surface area (Å²) in [7, 11) is 0. The molecule has 0 atom stereocenters. The quantitative estimate of drug-likeness (QED) is 0.479. The van der Waals surface area contributed by atoms with E-state index >= 15 is 0 Å². The largest absolute Gasteiger partial charge is 0.293 e. The Bertz CT molecular complexity index is 797. The Morgan fingerprint density at radius 3 is 2.54 bits per heavy atom. The highest BCUT2D eigenvalue weighted by atomic mass is 32.2. The molecule has 1 aromatic heterocycles. The van der Waals surface area contributed by atoms with Gasteiger partial charge in [0.15, 0.2) is 10.9 Å². The number of nitrogens with zero attached hydrogens (tertiary/aromatic N) is 3. The van der Waals surface area contributed by atoms with Crippen molar-refractivity contribution >= 4 is 17.5 Å². The summed E-state index contributed by atoms with van der Waals surface area (Å²) in [5, 5.41) is 8.80. The first kappa shape index (κ1) is 16.5. The molecule has 0 unspecified atom stereocenters. The van der Waals surface area contributed by atoms with Gasteiger partial charge >= 0.3 is 0 Å². The molecular weight excluding hydrogens is 318 g/mol. The second-order valence-electron chi connectivity index (χ2n) is 5.48. The van der Waals surface area contributed by atoms with E-state index in [4.69, 9.17) is 0 Å². The number of hydrogen-bond acceptors (Lipinski definition) is 4. The summed E-state index contributed by atoms with van der Waals surface area (Å²) in [6, 6.07) is 17.8. The number of benzene rings is 2. The second kappa shape index (κ2) is 7.93. The zero-order chi connectivity index (χ0) is 16.8. The fourth-order valence-electron chi connectivity index (χ4n) is 2.45. The number of carbonyl (C=O) groups is 1. The van der Waals surface area contributed by atoms with Crippen LogP contribution in [0.15, 0.2) is 66.1 Å². The van der Waals surface area contributed by atoms with Gasteiger partial charge in [0.25, 0.3) is 0 Å². The van der Waals surface area contributed by atoms with Gasteiger partial charge in [-0.05, 0) is 24.1 Å². The zero-order valence-electron chi connectivity index (χ0n) is 13.6. The van der Waals surface area contributed by atoms with Crippen LogP contribution in [0, 0.1) is 0 Å². The van der Waals surface area contributed by atoms with Crippen LogP contribution in [0.1, 0.15) is 29.3 Å². The third kappa shape index (κ3) is 3.92. The van der Waals surface area contributed by atoms with Gasteiger partial charge in [-0.1, -0.05) is 67.6 Å². The monoisotopic (exact) mass is 337 g/mol. The van der Waals surface area contributed by atoms with Gasteiger partial charge in [-0.2, -0.15) is 0 Å². The Morgan fingerprint density at radius 2 is 1.83 bits per heavy atom. The zero-order valence-corrected chi connectivity index (χ0v) is 14.4. The van der Waals surface area contributed by atoms with Gasteiger partial charge in [0.05, 0.1) is 5.75 Å². The molecule has 0 aliphatic rings. The van der Waals surface area contributed by atoms with E-state index in [-0.39, 0.29) is 5.78 Å². The maximum absolute atomic E-state index is 12.4. The van der Waals surface area contributed by atoms with E-state index in [2.05, 4.69) is 17.1 Å². The number of thioether (sulfide) groups is 1. The summed E-state index contributed by atoms with van der Waals surface area (Å²) >= 11 is 1.41. The smallest absolute Gasteiger partial charge is 0.196 e. The molecule has 4 nitrogen and oxygen atoms in total. The predicted molar refractivity (Wildman–Crippen MR) is 96.9 cm³/mol. The van der Waals surface area contributed by atoms with Crippen LogP contribution >= 0.6 is 11.8 Å². The van der Waals surface area contributed by atoms with Crippen molar-refractivity contribution in [1.29, 1.82) is 0 Å². The van der Waals surface area contributed by atoms with Crippen molar-refractivity contribution in [2.75, 3.05) is 5.75 Å². The minimum absolute atomic E-state index is 0.102. The Morgan fingerprint density at radius 1 is 1.08 bits per heavy atom. The van der Waals surface area contributed by atoms with E-state index in [9.17, 15) is 4.79 Å². The summed E-state index contributed by atoms with van der Waals surface area (Å²) in [5.74, 6) is 0.448. The number of ketones is 1. The average molecular weight is 337 g/mol. The highest BCUT2D eigenvalue weighted by Gasteiger charge is 2.11. The third-order valence-corrected chi connectivity index (χ3v) is 4.64. The summed E-state index contributed by atoms with van der Waals surface area (Å²) in [4.78, 5) is 12.4. The average Bonchev–Trinajstić information content (AvgIpc) is 3.10. The Hall–Kier alpha value is -2.40. The van der Waals surface area contributed by atoms with E-state index in [0.29, 0.717) is 5.75 Å². The molecule has 3 aromatic rings. The number of carbonyl (C=O) groups excluding carboxylic acids is 1. The highest BCUT2D eigenvalue weighted by Crippen LogP contribution is 2.20. The van der Waals surface area contributed by atoms with Crippen LogP contribution in [-0.4, -0.2) is 26.3 Å². The van der Waals surface area contributed by atoms with Gasteiger partial charge in [0.2, 0.25) is 0 Å². The van der Waals surface area contributed by atoms with Gasteiger partial charge in [-0.15, -0.1) is 10.2 Å². The van der Waals surface area contributed by atoms with E-state index in [0.717, 1.165) is 29.2 Å². The minimum atomic E-state index is 0.102. The number of aromatic nitrogens is 3. The predicted octanol–water partition coefficient (Wildman–Crippen LogP) is 4.19. The van der Waals surface area contributed by atoms with E-state index in [1.807, 2.05) is 59.2 Å². The first-order chi connectivity index (χ1) is 11.8. The molecule has 122 valence electrons. The van der Waals surface area contributed by atoms with Gasteiger partial charge in [-0.3, -0.25) is 9.36 Å². The normalized spacial score (nSPS) is 10.7. The minimum Gasteiger partial charge on any atom is -0.293 e. The van der Waals surface area contributed by atoms with E-state index < -0.39 is 0 Å². The lowest BCUT2D eigenvalue weighted by Crippen LogP contribution is -2.04. The molecule has 0 saturated carbocycles. The third-order valence-electron chi connectivity index (χ3n) is 3.70. The summed E-state index contributed by atoms with van der Waals surface area (Å²) in [6.45, 7) is 2.15. The lowest BCUT2D eigenvalue weighted by atomic mass is 10.1. The van der Waals surface area contributed by atoms with Crippen molar-refractivity contribution in [3.8, 4) is 5.69 Å². The summed E-state index contributed by atoms with van der Waals surface area (Å²) in [5.41, 5.74) is 3.00. The molecule has 0 aliphatic carbocycles. The van der Waals surface area contributed by atoms with Crippen molar-refractivity contribution in [1.82, 2.24) is 14.8 Å². The Kier molecular flexibility index (Phi) is 5.43. The van der Waals surface area contributed by atoms with Gasteiger partial charge in [-0.25, -0.2) is 0 Å². The first-order valence-corrected chi connectivity index (χ1v) is 8.97. The Labute approximate surface area is 145 Å². The molecular formula is C19H19N3OS. The number of hydrogen-bond donors (Lipinski definition) is 0. The molecule has 3 rings (SSSR count). The van der Waals surface area contributed by atoms with Crippen molar-refractivity contribution in [3.05, 3.63) is 72.1 Å². The van der Waals surface area contributed by atoms with E-state index in [1.165, 1.54) is 17.3 Å². The molecule has 0 radical (unpaired) electrons. The number of rotatable bonds is 7. The van der Waals surface area contributed by atoms with Crippen LogP contribution in [0.25, 0.3) is 5.69 Å². The molecule has 0 bridgehead atoms. The molecule has 0 N–H and O–H groups in total. The number of Topliss-reactive ketones (excluding diaryl/α,β-unsaturated/α-hetero) is 1. The van der Waals surface area contributed by atoms with Crippen LogP contribution in [-0.2, 0) is 6.42 Å². The molecule has 0 amide bonds. The van der Waals surface area contributed by atoms with Crippen molar-refractivity contribution in [2.24, 2.45) is 0 Å². The second-order valence-corrected chi connectivity index (χ2v) is 6.42. The molecule has 0 aliphatic heterocycles. The highest BCUT2D eigenvalue weighted by molar-refractivity contribution is 7.99. The van der Waals surface area contributed by atoms with Gasteiger partial charge in [0, 0.05) is 11.3 Å². The molecule has 0 fully saturated rings. The maximum atomic E-state index is 12.4. The van der Waals surface area contributed by atoms with Crippen LogP contribution in [0.5, 0.6) is 0 Å². The first-order valence-electron chi connectivity index (χ1n) is 7.98. The Balaban J connectivity index is 1.66. The summed E-state index contributed by atoms with van der Waals surface area (Å²) in [6.07, 6.45) is 3.82. The van der Waals surface area contributed by atoms with Crippen molar-refractivity contribution < 1.29 is 4.79 Å². The molecule has 0 saturated heterocycles. The van der Waals surface area contributed by atoms with Crippen LogP contribution in [0.2, 0.25) is 0 Å². The SMILES string of the molecule is CCCc1ccc(C(=O)CSc2nncn2-c2ccccc2)cc1. The number of para-hydroxylation sites is 1. The molecule has 2 aromatic carbocycles. The van der Waals surface area contributed by atoms with Gasteiger partial charge < -0.3 is 0 Å². The van der Waals surface area contributed by atoms with Crippen LogP contribution < -0.4 is 0 Å². The van der Waals surface area contributed by atoms with Crippen LogP contribution in [0.4, 0.5) is 0 Å². The molecule has 5 heteroatoms.